The Morgan fingerprint density at radius 3 is 2.42 bits per heavy atom. The molecule has 0 atom stereocenters. The molecule has 4 heteroatoms. The quantitative estimate of drug-likeness (QED) is 0.559. The van der Waals surface area contributed by atoms with Gasteiger partial charge in [-0.2, -0.15) is 0 Å². The van der Waals surface area contributed by atoms with E-state index in [1.807, 2.05) is 24.1 Å². The summed E-state index contributed by atoms with van der Waals surface area (Å²) < 4.78 is 10.3. The van der Waals surface area contributed by atoms with Crippen molar-refractivity contribution < 1.29 is 14.3 Å². The Balaban J connectivity index is 2.25. The Hall–Kier alpha value is -1.55. The lowest BCUT2D eigenvalue weighted by Gasteiger charge is -2.15. The van der Waals surface area contributed by atoms with Gasteiger partial charge >= 0.3 is 5.97 Å². The zero-order chi connectivity index (χ0) is 14.3. The number of hydrogen-bond donors (Lipinski definition) is 0. The van der Waals surface area contributed by atoms with Crippen LogP contribution in [0.4, 0.5) is 0 Å². The van der Waals surface area contributed by atoms with Crippen molar-refractivity contribution in [1.82, 2.24) is 4.90 Å². The molecule has 19 heavy (non-hydrogen) atoms. The van der Waals surface area contributed by atoms with Crippen LogP contribution in [0.3, 0.4) is 0 Å². The molecule has 0 aliphatic heterocycles. The minimum Gasteiger partial charge on any atom is -0.494 e. The standard InChI is InChI=1S/C15H23NO3/c1-12-8-13(2)10-14(9-12)19-7-5-6-16(3)11-15(17)18-4/h8-10H,5-7,11H2,1-4H3. The molecule has 0 saturated heterocycles. The molecule has 1 rings (SSSR count). The van der Waals surface area contributed by atoms with E-state index in [2.05, 4.69) is 24.7 Å². The molecule has 106 valence electrons. The fraction of sp³-hybridized carbons (Fsp3) is 0.533. The van der Waals surface area contributed by atoms with Gasteiger partial charge in [-0.1, -0.05) is 6.07 Å². The molecular weight excluding hydrogens is 242 g/mol. The van der Waals surface area contributed by atoms with Gasteiger partial charge in [0.1, 0.15) is 5.75 Å². The highest BCUT2D eigenvalue weighted by Crippen LogP contribution is 2.16. The summed E-state index contributed by atoms with van der Waals surface area (Å²) in [6.07, 6.45) is 0.875. The third-order valence-corrected chi connectivity index (χ3v) is 2.77. The number of likely N-dealkylation sites (N-methyl/N-ethyl adjacent to an activating group) is 1. The zero-order valence-corrected chi connectivity index (χ0v) is 12.2. The topological polar surface area (TPSA) is 38.8 Å². The van der Waals surface area contributed by atoms with E-state index in [4.69, 9.17) is 4.74 Å². The highest BCUT2D eigenvalue weighted by molar-refractivity contribution is 5.71. The van der Waals surface area contributed by atoms with Crippen LogP contribution in [0.1, 0.15) is 17.5 Å². The van der Waals surface area contributed by atoms with E-state index in [9.17, 15) is 4.79 Å². The number of ether oxygens (including phenoxy) is 2. The maximum Gasteiger partial charge on any atom is 0.319 e. The molecule has 0 spiro atoms. The number of methoxy groups -OCH3 is 1. The fourth-order valence-corrected chi connectivity index (χ4v) is 1.90. The maximum atomic E-state index is 11.1. The lowest BCUT2D eigenvalue weighted by molar-refractivity contribution is -0.141. The van der Waals surface area contributed by atoms with Gasteiger partial charge in [0.2, 0.25) is 0 Å². The van der Waals surface area contributed by atoms with Crippen LogP contribution in [-0.2, 0) is 9.53 Å². The van der Waals surface area contributed by atoms with E-state index in [0.29, 0.717) is 13.2 Å². The van der Waals surface area contributed by atoms with E-state index in [0.717, 1.165) is 18.7 Å². The van der Waals surface area contributed by atoms with Crippen molar-refractivity contribution in [2.24, 2.45) is 0 Å². The molecule has 0 N–H and O–H groups in total. The van der Waals surface area contributed by atoms with E-state index in [1.165, 1.54) is 18.2 Å². The molecule has 0 aromatic heterocycles. The largest absolute Gasteiger partial charge is 0.494 e. The van der Waals surface area contributed by atoms with Gasteiger partial charge in [-0.3, -0.25) is 9.69 Å². The van der Waals surface area contributed by atoms with Crippen LogP contribution in [0.25, 0.3) is 0 Å². The molecule has 0 saturated carbocycles. The van der Waals surface area contributed by atoms with Crippen LogP contribution >= 0.6 is 0 Å². The lowest BCUT2D eigenvalue weighted by Crippen LogP contribution is -2.28. The van der Waals surface area contributed by atoms with Crippen LogP contribution in [0.5, 0.6) is 5.75 Å². The Labute approximate surface area is 115 Å². The number of hydrogen-bond acceptors (Lipinski definition) is 4. The van der Waals surface area contributed by atoms with E-state index in [-0.39, 0.29) is 5.97 Å². The number of rotatable bonds is 7. The minimum atomic E-state index is -0.210. The molecular formula is C15H23NO3. The smallest absolute Gasteiger partial charge is 0.319 e. The number of aryl methyl sites for hydroxylation is 2. The summed E-state index contributed by atoms with van der Waals surface area (Å²) >= 11 is 0. The second kappa shape index (κ2) is 7.79. The van der Waals surface area contributed by atoms with E-state index in [1.54, 1.807) is 0 Å². The molecule has 4 nitrogen and oxygen atoms in total. The molecule has 0 aliphatic rings. The summed E-state index contributed by atoms with van der Waals surface area (Å²) in [7, 11) is 3.30. The van der Waals surface area contributed by atoms with Crippen LogP contribution in [0.15, 0.2) is 18.2 Å². The van der Waals surface area contributed by atoms with Gasteiger partial charge in [0.15, 0.2) is 0 Å². The number of esters is 1. The SMILES string of the molecule is COC(=O)CN(C)CCCOc1cc(C)cc(C)c1. The van der Waals surface area contributed by atoms with E-state index >= 15 is 0 Å². The van der Waals surface area contributed by atoms with Crippen molar-refractivity contribution in [1.29, 1.82) is 0 Å². The summed E-state index contributed by atoms with van der Waals surface area (Å²) in [5.41, 5.74) is 2.41. The summed E-state index contributed by atoms with van der Waals surface area (Å²) in [5.74, 6) is 0.700. The summed E-state index contributed by atoms with van der Waals surface area (Å²) in [6, 6.07) is 6.19. The average Bonchev–Trinajstić information content (AvgIpc) is 2.33. The first-order valence-corrected chi connectivity index (χ1v) is 6.47. The molecule has 0 aliphatic carbocycles. The first-order valence-electron chi connectivity index (χ1n) is 6.47. The van der Waals surface area contributed by atoms with Gasteiger partial charge in [0.05, 0.1) is 20.3 Å². The average molecular weight is 265 g/mol. The summed E-state index contributed by atoms with van der Waals surface area (Å²) in [6.45, 7) is 5.89. The normalized spacial score (nSPS) is 10.6. The summed E-state index contributed by atoms with van der Waals surface area (Å²) in [5, 5.41) is 0. The Bertz CT molecular complexity index is 398. The van der Waals surface area contributed by atoms with Crippen LogP contribution in [0.2, 0.25) is 0 Å². The first kappa shape index (κ1) is 15.5. The predicted octanol–water partition coefficient (Wildman–Crippen LogP) is 2.18. The van der Waals surface area contributed by atoms with E-state index < -0.39 is 0 Å². The molecule has 0 heterocycles. The van der Waals surface area contributed by atoms with Crippen molar-refractivity contribution in [2.75, 3.05) is 33.9 Å². The van der Waals surface area contributed by atoms with Crippen molar-refractivity contribution in [3.8, 4) is 5.75 Å². The minimum absolute atomic E-state index is 0.210. The summed E-state index contributed by atoms with van der Waals surface area (Å²) in [4.78, 5) is 13.0. The number of benzene rings is 1. The third kappa shape index (κ3) is 6.25. The monoisotopic (exact) mass is 265 g/mol. The molecule has 0 unspecified atom stereocenters. The highest BCUT2D eigenvalue weighted by atomic mass is 16.5. The van der Waals surface area contributed by atoms with Gasteiger partial charge < -0.3 is 9.47 Å². The van der Waals surface area contributed by atoms with Crippen molar-refractivity contribution >= 4 is 5.97 Å². The van der Waals surface area contributed by atoms with Gasteiger partial charge in [-0.25, -0.2) is 0 Å². The molecule has 0 bridgehead atoms. The highest BCUT2D eigenvalue weighted by Gasteiger charge is 2.05. The van der Waals surface area contributed by atoms with Crippen molar-refractivity contribution in [3.63, 3.8) is 0 Å². The second-order valence-corrected chi connectivity index (χ2v) is 4.84. The molecule has 1 aromatic carbocycles. The first-order chi connectivity index (χ1) is 9.01. The predicted molar refractivity (Wildman–Crippen MR) is 75.5 cm³/mol. The third-order valence-electron chi connectivity index (χ3n) is 2.77. The number of nitrogens with zero attached hydrogens (tertiary/aromatic N) is 1. The fourth-order valence-electron chi connectivity index (χ4n) is 1.90. The Morgan fingerprint density at radius 2 is 1.84 bits per heavy atom. The van der Waals surface area contributed by atoms with Gasteiger partial charge in [0, 0.05) is 6.54 Å². The van der Waals surface area contributed by atoms with Crippen molar-refractivity contribution in [3.05, 3.63) is 29.3 Å². The molecule has 0 radical (unpaired) electrons. The molecule has 1 aromatic rings. The van der Waals surface area contributed by atoms with Crippen LogP contribution in [0, 0.1) is 13.8 Å². The molecule has 0 fully saturated rings. The van der Waals surface area contributed by atoms with Gasteiger partial charge in [-0.05, 0) is 50.6 Å². The van der Waals surface area contributed by atoms with Crippen LogP contribution in [-0.4, -0.2) is 44.7 Å². The number of carbonyl (C=O) groups is 1. The Morgan fingerprint density at radius 1 is 1.21 bits per heavy atom. The number of carbonyl (C=O) groups excluding carboxylic acids is 1. The zero-order valence-electron chi connectivity index (χ0n) is 12.2. The molecule has 0 amide bonds. The van der Waals surface area contributed by atoms with Crippen molar-refractivity contribution in [2.45, 2.75) is 20.3 Å². The van der Waals surface area contributed by atoms with Gasteiger partial charge in [-0.15, -0.1) is 0 Å². The van der Waals surface area contributed by atoms with Gasteiger partial charge in [0.25, 0.3) is 0 Å². The second-order valence-electron chi connectivity index (χ2n) is 4.84. The lowest BCUT2D eigenvalue weighted by atomic mass is 10.1. The van der Waals surface area contributed by atoms with Crippen LogP contribution < -0.4 is 4.74 Å². The Kier molecular flexibility index (Phi) is 6.36. The maximum absolute atomic E-state index is 11.1.